The SMILES string of the molecule is C=c1nc(NC(C)c2cccc(NC(=O)c3cnc(NC)c(C)c3)c2)cn/c1=C/C.CC(C)C.CCC. The second-order valence-corrected chi connectivity index (χ2v) is 9.40. The molecule has 0 aliphatic heterocycles. The third-order valence-corrected chi connectivity index (χ3v) is 4.74. The van der Waals surface area contributed by atoms with Crippen LogP contribution in [0.1, 0.15) is 82.4 Å². The molecule has 3 aromatic rings. The minimum atomic E-state index is -0.204. The number of pyridine rings is 1. The third-order valence-electron chi connectivity index (χ3n) is 4.74. The molecule has 2 aromatic heterocycles. The zero-order valence-electron chi connectivity index (χ0n) is 23.9. The monoisotopic (exact) mass is 504 g/mol. The van der Waals surface area contributed by atoms with E-state index < -0.39 is 0 Å². The molecule has 3 rings (SSSR count). The number of benzene rings is 1. The molecule has 0 spiro atoms. The van der Waals surface area contributed by atoms with Gasteiger partial charge in [0.2, 0.25) is 0 Å². The van der Waals surface area contributed by atoms with E-state index in [1.54, 1.807) is 19.4 Å². The van der Waals surface area contributed by atoms with Crippen molar-refractivity contribution >= 4 is 35.9 Å². The van der Waals surface area contributed by atoms with Gasteiger partial charge in [-0.05, 0) is 56.0 Å². The van der Waals surface area contributed by atoms with Crippen LogP contribution in [0.2, 0.25) is 0 Å². The number of nitrogens with one attached hydrogen (secondary N) is 3. The van der Waals surface area contributed by atoms with Gasteiger partial charge in [0, 0.05) is 18.9 Å². The summed E-state index contributed by atoms with van der Waals surface area (Å²) < 4.78 is 0. The first kappa shape index (κ1) is 31.3. The fraction of sp³-hybridized carbons (Fsp3) is 0.400. The van der Waals surface area contributed by atoms with Crippen molar-refractivity contribution in [2.75, 3.05) is 23.0 Å². The Morgan fingerprint density at radius 3 is 2.27 bits per heavy atom. The van der Waals surface area contributed by atoms with Crippen molar-refractivity contribution in [1.82, 2.24) is 15.0 Å². The predicted octanol–water partition coefficient (Wildman–Crippen LogP) is 5.94. The highest BCUT2D eigenvalue weighted by Crippen LogP contribution is 2.21. The van der Waals surface area contributed by atoms with Gasteiger partial charge >= 0.3 is 0 Å². The highest BCUT2D eigenvalue weighted by Gasteiger charge is 2.11. The molecule has 1 amide bonds. The van der Waals surface area contributed by atoms with Gasteiger partial charge in [0.25, 0.3) is 5.91 Å². The molecule has 2 heterocycles. The van der Waals surface area contributed by atoms with Crippen LogP contribution < -0.4 is 26.6 Å². The summed E-state index contributed by atoms with van der Waals surface area (Å²) >= 11 is 0. The Morgan fingerprint density at radius 2 is 1.73 bits per heavy atom. The van der Waals surface area contributed by atoms with E-state index in [0.29, 0.717) is 22.4 Å². The number of aromatic nitrogens is 3. The van der Waals surface area contributed by atoms with Gasteiger partial charge in [-0.2, -0.15) is 0 Å². The van der Waals surface area contributed by atoms with Crippen molar-refractivity contribution in [3.8, 4) is 0 Å². The van der Waals surface area contributed by atoms with Gasteiger partial charge in [0.1, 0.15) is 11.6 Å². The molecule has 1 aromatic carbocycles. The zero-order valence-corrected chi connectivity index (χ0v) is 23.9. The minimum absolute atomic E-state index is 0.0363. The van der Waals surface area contributed by atoms with Crippen LogP contribution in [0.4, 0.5) is 17.3 Å². The summed E-state index contributed by atoms with van der Waals surface area (Å²) in [5, 5.41) is 10.7. The van der Waals surface area contributed by atoms with Crippen LogP contribution in [0.25, 0.3) is 12.7 Å². The number of amides is 1. The number of nitrogens with zero attached hydrogens (tertiary/aromatic N) is 3. The lowest BCUT2D eigenvalue weighted by molar-refractivity contribution is 0.102. The van der Waals surface area contributed by atoms with Gasteiger partial charge < -0.3 is 16.0 Å². The fourth-order valence-electron chi connectivity index (χ4n) is 3.10. The van der Waals surface area contributed by atoms with Crippen molar-refractivity contribution in [3.05, 3.63) is 70.1 Å². The lowest BCUT2D eigenvalue weighted by Crippen LogP contribution is -2.30. The van der Waals surface area contributed by atoms with Gasteiger partial charge in [0.05, 0.1) is 28.5 Å². The summed E-state index contributed by atoms with van der Waals surface area (Å²) in [5.41, 5.74) is 3.14. The summed E-state index contributed by atoms with van der Waals surface area (Å²) in [5.74, 6) is 2.04. The zero-order chi connectivity index (χ0) is 28.0. The van der Waals surface area contributed by atoms with E-state index >= 15 is 0 Å². The maximum Gasteiger partial charge on any atom is 0.257 e. The Bertz CT molecular complexity index is 1240. The maximum absolute atomic E-state index is 12.6. The number of hydrogen-bond donors (Lipinski definition) is 3. The van der Waals surface area contributed by atoms with E-state index in [0.717, 1.165) is 28.2 Å². The Balaban J connectivity index is 0.000000873. The van der Waals surface area contributed by atoms with Gasteiger partial charge in [-0.25, -0.2) is 9.97 Å². The molecule has 200 valence electrons. The summed E-state index contributed by atoms with van der Waals surface area (Å²) in [6.07, 6.45) is 6.38. The summed E-state index contributed by atoms with van der Waals surface area (Å²) in [4.78, 5) is 25.7. The molecule has 37 heavy (non-hydrogen) atoms. The van der Waals surface area contributed by atoms with E-state index in [1.165, 1.54) is 6.42 Å². The smallest absolute Gasteiger partial charge is 0.257 e. The van der Waals surface area contributed by atoms with Crippen LogP contribution in [0.3, 0.4) is 0 Å². The third kappa shape index (κ3) is 10.8. The fourth-order valence-corrected chi connectivity index (χ4v) is 3.10. The molecule has 1 unspecified atom stereocenters. The number of hydrogen-bond acceptors (Lipinski definition) is 6. The van der Waals surface area contributed by atoms with Crippen LogP contribution in [-0.2, 0) is 0 Å². The molecule has 0 saturated heterocycles. The molecule has 3 N–H and O–H groups in total. The van der Waals surface area contributed by atoms with E-state index in [4.69, 9.17) is 0 Å². The molecule has 7 heteroatoms. The van der Waals surface area contributed by atoms with E-state index in [1.807, 2.05) is 57.2 Å². The summed E-state index contributed by atoms with van der Waals surface area (Å²) in [7, 11) is 1.80. The van der Waals surface area contributed by atoms with Gasteiger partial charge in [-0.1, -0.05) is 65.8 Å². The van der Waals surface area contributed by atoms with Crippen molar-refractivity contribution in [2.45, 2.75) is 67.9 Å². The Morgan fingerprint density at radius 1 is 1.08 bits per heavy atom. The van der Waals surface area contributed by atoms with Crippen LogP contribution in [-0.4, -0.2) is 27.9 Å². The van der Waals surface area contributed by atoms with E-state index in [9.17, 15) is 4.79 Å². The number of carbonyl (C=O) groups excluding carboxylic acids is 1. The second kappa shape index (κ2) is 16.1. The highest BCUT2D eigenvalue weighted by molar-refractivity contribution is 6.04. The molecule has 0 radical (unpaired) electrons. The molecule has 1 atom stereocenters. The number of anilines is 3. The molecule has 0 aliphatic carbocycles. The van der Waals surface area contributed by atoms with Crippen molar-refractivity contribution < 1.29 is 4.79 Å². The van der Waals surface area contributed by atoms with Gasteiger partial charge in [-0.3, -0.25) is 9.78 Å². The Labute approximate surface area is 222 Å². The highest BCUT2D eigenvalue weighted by atomic mass is 16.1. The van der Waals surface area contributed by atoms with E-state index in [-0.39, 0.29) is 11.9 Å². The van der Waals surface area contributed by atoms with Crippen molar-refractivity contribution in [3.63, 3.8) is 0 Å². The number of aryl methyl sites for hydroxylation is 1. The average molecular weight is 505 g/mol. The minimum Gasteiger partial charge on any atom is -0.373 e. The number of rotatable bonds is 6. The number of carbonyl (C=O) groups is 1. The lowest BCUT2D eigenvalue weighted by Gasteiger charge is -2.16. The molecular formula is C30H44N6O. The molecule has 0 fully saturated rings. The average Bonchev–Trinajstić information content (AvgIpc) is 2.84. The van der Waals surface area contributed by atoms with Crippen LogP contribution in [0, 0.1) is 12.8 Å². The van der Waals surface area contributed by atoms with Crippen LogP contribution >= 0.6 is 0 Å². The molecular weight excluding hydrogens is 460 g/mol. The summed E-state index contributed by atoms with van der Waals surface area (Å²) in [6, 6.07) is 9.47. The second-order valence-electron chi connectivity index (χ2n) is 9.40. The summed E-state index contributed by atoms with van der Waals surface area (Å²) in [6.45, 7) is 20.5. The van der Waals surface area contributed by atoms with Crippen LogP contribution in [0.15, 0.2) is 42.7 Å². The normalized spacial score (nSPS) is 11.5. The Hall–Kier alpha value is -3.74. The first-order chi connectivity index (χ1) is 17.6. The van der Waals surface area contributed by atoms with Gasteiger partial charge in [-0.15, -0.1) is 0 Å². The predicted molar refractivity (Wildman–Crippen MR) is 158 cm³/mol. The molecule has 0 aliphatic rings. The lowest BCUT2D eigenvalue weighted by atomic mass is 10.1. The topological polar surface area (TPSA) is 91.8 Å². The molecule has 7 nitrogen and oxygen atoms in total. The van der Waals surface area contributed by atoms with Crippen molar-refractivity contribution in [1.29, 1.82) is 0 Å². The maximum atomic E-state index is 12.6. The first-order valence-corrected chi connectivity index (χ1v) is 12.9. The molecule has 0 bridgehead atoms. The first-order valence-electron chi connectivity index (χ1n) is 12.9. The van der Waals surface area contributed by atoms with Crippen LogP contribution in [0.5, 0.6) is 0 Å². The van der Waals surface area contributed by atoms with Crippen molar-refractivity contribution in [2.24, 2.45) is 5.92 Å². The largest absolute Gasteiger partial charge is 0.373 e. The quantitative estimate of drug-likeness (QED) is 0.385. The van der Waals surface area contributed by atoms with Gasteiger partial charge in [0.15, 0.2) is 0 Å². The Kier molecular flexibility index (Phi) is 13.6. The molecule has 0 saturated carbocycles. The standard InChI is InChI=1S/C23H26N6O.C4H10.C3H8/c1-6-20-16(4)28-21(13-25-20)27-15(3)17-8-7-9-19(11-17)29-23(30)18-10-14(2)22(24-5)26-12-18;1-4(2)3;1-3-2/h6-13,15H,4H2,1-3,5H3,(H,24,26)(H,27,28)(H,29,30);4H,1-3H3;3H2,1-2H3/b20-6+;;. The van der Waals surface area contributed by atoms with E-state index in [2.05, 4.69) is 72.1 Å².